The number of rotatable bonds is 8. The van der Waals surface area contributed by atoms with Crippen LogP contribution in [0.5, 0.6) is 0 Å². The van der Waals surface area contributed by atoms with Crippen molar-refractivity contribution in [3.63, 3.8) is 0 Å². The Kier molecular flexibility index (Phi) is 6.52. The van der Waals surface area contributed by atoms with Gasteiger partial charge in [-0.25, -0.2) is 9.50 Å². The fourth-order valence-corrected chi connectivity index (χ4v) is 2.56. The first kappa shape index (κ1) is 20.1. The molecule has 0 unspecified atom stereocenters. The Morgan fingerprint density at radius 3 is 2.65 bits per heavy atom. The van der Waals surface area contributed by atoms with Crippen molar-refractivity contribution in [1.82, 2.24) is 24.9 Å². The van der Waals surface area contributed by atoms with E-state index in [1.54, 1.807) is 13.8 Å². The Hall–Kier alpha value is -2.23. The van der Waals surface area contributed by atoms with Gasteiger partial charge in [-0.05, 0) is 39.2 Å². The lowest BCUT2D eigenvalue weighted by molar-refractivity contribution is -0.144. The highest BCUT2D eigenvalue weighted by Crippen LogP contribution is 2.27. The molecule has 0 aromatic carbocycles. The molecule has 1 amide bonds. The summed E-state index contributed by atoms with van der Waals surface area (Å²) in [5.41, 5.74) is 1.74. The summed E-state index contributed by atoms with van der Waals surface area (Å²) in [4.78, 5) is 19.4. The summed E-state index contributed by atoms with van der Waals surface area (Å²) < 4.78 is 44.6. The highest BCUT2D eigenvalue weighted by atomic mass is 19.4. The standard InChI is InChI=1S/C16H22F3N5O2/c1-4-26-9-5-8-20-13(25)7-6-12-10(2)21-15-22-14(16(17,18)19)23-24(15)11(12)3/h4-9H2,1-3H3,(H,20,25). The number of fused-ring (bicyclic) bond motifs is 1. The van der Waals surface area contributed by atoms with Crippen LogP contribution in [0.25, 0.3) is 5.78 Å². The molecule has 10 heteroatoms. The van der Waals surface area contributed by atoms with Crippen LogP contribution < -0.4 is 5.32 Å². The highest BCUT2D eigenvalue weighted by molar-refractivity contribution is 5.76. The van der Waals surface area contributed by atoms with Crippen LogP contribution in [0.3, 0.4) is 0 Å². The lowest BCUT2D eigenvalue weighted by atomic mass is 10.1. The van der Waals surface area contributed by atoms with Crippen molar-refractivity contribution in [3.8, 4) is 0 Å². The number of ether oxygens (including phenoxy) is 1. The average molecular weight is 373 g/mol. The van der Waals surface area contributed by atoms with Crippen molar-refractivity contribution in [2.24, 2.45) is 0 Å². The van der Waals surface area contributed by atoms with Crippen molar-refractivity contribution in [2.45, 2.75) is 46.2 Å². The van der Waals surface area contributed by atoms with E-state index < -0.39 is 12.0 Å². The summed E-state index contributed by atoms with van der Waals surface area (Å²) in [7, 11) is 0. The summed E-state index contributed by atoms with van der Waals surface area (Å²) in [6, 6.07) is 0. The van der Waals surface area contributed by atoms with Crippen molar-refractivity contribution < 1.29 is 22.7 Å². The number of halogens is 3. The molecule has 0 aliphatic heterocycles. The number of hydrogen-bond acceptors (Lipinski definition) is 5. The molecule has 7 nitrogen and oxygen atoms in total. The van der Waals surface area contributed by atoms with E-state index in [0.29, 0.717) is 43.1 Å². The van der Waals surface area contributed by atoms with E-state index in [2.05, 4.69) is 20.4 Å². The molecule has 2 aromatic heterocycles. The van der Waals surface area contributed by atoms with E-state index in [4.69, 9.17) is 4.74 Å². The van der Waals surface area contributed by atoms with Crippen LogP contribution in [0, 0.1) is 13.8 Å². The van der Waals surface area contributed by atoms with Crippen LogP contribution in [0.2, 0.25) is 0 Å². The third-order valence-electron chi connectivity index (χ3n) is 3.90. The second kappa shape index (κ2) is 8.43. The van der Waals surface area contributed by atoms with Gasteiger partial charge in [0.2, 0.25) is 5.91 Å². The molecule has 2 aromatic rings. The van der Waals surface area contributed by atoms with Crippen LogP contribution >= 0.6 is 0 Å². The van der Waals surface area contributed by atoms with Gasteiger partial charge in [-0.2, -0.15) is 18.2 Å². The Bertz CT molecular complexity index is 773. The van der Waals surface area contributed by atoms with Gasteiger partial charge in [0.05, 0.1) is 0 Å². The van der Waals surface area contributed by atoms with Crippen LogP contribution in [-0.2, 0) is 22.1 Å². The van der Waals surface area contributed by atoms with Crippen molar-refractivity contribution >= 4 is 11.7 Å². The zero-order valence-electron chi connectivity index (χ0n) is 15.0. The number of carbonyl (C=O) groups excluding carboxylic acids is 1. The Morgan fingerprint density at radius 1 is 1.27 bits per heavy atom. The van der Waals surface area contributed by atoms with Gasteiger partial charge >= 0.3 is 6.18 Å². The van der Waals surface area contributed by atoms with Gasteiger partial charge in [0.1, 0.15) is 0 Å². The van der Waals surface area contributed by atoms with Crippen LogP contribution in [0.4, 0.5) is 13.2 Å². The summed E-state index contributed by atoms with van der Waals surface area (Å²) in [6.07, 6.45) is -3.33. The maximum atomic E-state index is 12.8. The molecule has 144 valence electrons. The van der Waals surface area contributed by atoms with Crippen molar-refractivity contribution in [2.75, 3.05) is 19.8 Å². The van der Waals surface area contributed by atoms with Crippen LogP contribution in [0.15, 0.2) is 0 Å². The third-order valence-corrected chi connectivity index (χ3v) is 3.90. The number of alkyl halides is 3. The first-order chi connectivity index (χ1) is 12.2. The minimum absolute atomic E-state index is 0.101. The van der Waals surface area contributed by atoms with Crippen molar-refractivity contribution in [1.29, 1.82) is 0 Å². The predicted molar refractivity (Wildman–Crippen MR) is 87.7 cm³/mol. The van der Waals surface area contributed by atoms with Gasteiger partial charge in [0.25, 0.3) is 11.6 Å². The molecule has 0 radical (unpaired) electrons. The zero-order valence-corrected chi connectivity index (χ0v) is 15.0. The first-order valence-electron chi connectivity index (χ1n) is 8.38. The molecule has 0 saturated carbocycles. The average Bonchev–Trinajstić information content (AvgIpc) is 2.99. The summed E-state index contributed by atoms with van der Waals surface area (Å²) in [5.74, 6) is -1.46. The van der Waals surface area contributed by atoms with Gasteiger partial charge in [-0.3, -0.25) is 4.79 Å². The molecule has 0 aliphatic rings. The number of aromatic nitrogens is 4. The largest absolute Gasteiger partial charge is 0.453 e. The lowest BCUT2D eigenvalue weighted by Crippen LogP contribution is -2.25. The molecule has 26 heavy (non-hydrogen) atoms. The van der Waals surface area contributed by atoms with E-state index in [1.165, 1.54) is 0 Å². The van der Waals surface area contributed by atoms with E-state index in [1.807, 2.05) is 6.92 Å². The van der Waals surface area contributed by atoms with E-state index in [9.17, 15) is 18.0 Å². The molecule has 2 heterocycles. The fourth-order valence-electron chi connectivity index (χ4n) is 2.56. The molecular formula is C16H22F3N5O2. The number of carbonyl (C=O) groups is 1. The molecule has 2 rings (SSSR count). The highest BCUT2D eigenvalue weighted by Gasteiger charge is 2.36. The second-order valence-electron chi connectivity index (χ2n) is 5.81. The van der Waals surface area contributed by atoms with Gasteiger partial charge in [0, 0.05) is 37.6 Å². The second-order valence-corrected chi connectivity index (χ2v) is 5.81. The maximum Gasteiger partial charge on any atom is 0.453 e. The Labute approximate surface area is 149 Å². The Balaban J connectivity index is 2.04. The number of nitrogens with zero attached hydrogens (tertiary/aromatic N) is 4. The lowest BCUT2D eigenvalue weighted by Gasteiger charge is -2.10. The zero-order chi connectivity index (χ0) is 19.3. The summed E-state index contributed by atoms with van der Waals surface area (Å²) in [6.45, 7) is 6.98. The number of aryl methyl sites for hydroxylation is 2. The maximum absolute atomic E-state index is 12.8. The molecule has 0 atom stereocenters. The molecular weight excluding hydrogens is 351 g/mol. The third kappa shape index (κ3) is 4.90. The number of hydrogen-bond donors (Lipinski definition) is 1. The minimum Gasteiger partial charge on any atom is -0.382 e. The Morgan fingerprint density at radius 2 is 2.00 bits per heavy atom. The quantitative estimate of drug-likeness (QED) is 0.718. The van der Waals surface area contributed by atoms with Gasteiger partial charge in [-0.1, -0.05) is 0 Å². The van der Waals surface area contributed by atoms with E-state index in [0.717, 1.165) is 10.9 Å². The summed E-state index contributed by atoms with van der Waals surface area (Å²) >= 11 is 0. The van der Waals surface area contributed by atoms with Gasteiger partial charge in [-0.15, -0.1) is 5.10 Å². The van der Waals surface area contributed by atoms with Gasteiger partial charge in [0.15, 0.2) is 0 Å². The van der Waals surface area contributed by atoms with E-state index >= 15 is 0 Å². The molecule has 0 aliphatic carbocycles. The molecule has 0 bridgehead atoms. The molecule has 1 N–H and O–H groups in total. The SMILES string of the molecule is CCOCCCNC(=O)CCc1c(C)nc2nc(C(F)(F)F)nn2c1C. The topological polar surface area (TPSA) is 81.4 Å². The summed E-state index contributed by atoms with van der Waals surface area (Å²) in [5, 5.41) is 6.28. The van der Waals surface area contributed by atoms with Crippen LogP contribution in [0.1, 0.15) is 42.5 Å². The molecule has 0 spiro atoms. The molecule has 0 fully saturated rings. The van der Waals surface area contributed by atoms with Crippen molar-refractivity contribution in [3.05, 3.63) is 22.8 Å². The smallest absolute Gasteiger partial charge is 0.382 e. The number of nitrogens with one attached hydrogen (secondary N) is 1. The molecule has 0 saturated heterocycles. The van der Waals surface area contributed by atoms with E-state index in [-0.39, 0.29) is 18.1 Å². The first-order valence-corrected chi connectivity index (χ1v) is 8.38. The van der Waals surface area contributed by atoms with Gasteiger partial charge < -0.3 is 10.1 Å². The van der Waals surface area contributed by atoms with Crippen LogP contribution in [-0.4, -0.2) is 45.2 Å². The monoisotopic (exact) mass is 373 g/mol. The number of amides is 1. The minimum atomic E-state index is -4.63. The fraction of sp³-hybridized carbons (Fsp3) is 0.625. The normalized spacial score (nSPS) is 11.9. The predicted octanol–water partition coefficient (Wildman–Crippen LogP) is 2.24.